The maximum absolute atomic E-state index is 5.56. The Kier molecular flexibility index (Phi) is 3.62. The predicted molar refractivity (Wildman–Crippen MR) is 55.9 cm³/mol. The normalized spacial score (nSPS) is 15.4. The summed E-state index contributed by atoms with van der Waals surface area (Å²) < 4.78 is 0. The Hall–Kier alpha value is -0.680. The Balaban J connectivity index is 2.49. The third-order valence-electron chi connectivity index (χ3n) is 2.10. The Morgan fingerprint density at radius 2 is 2.15 bits per heavy atom. The predicted octanol–water partition coefficient (Wildman–Crippen LogP) is 1.24. The van der Waals surface area contributed by atoms with Gasteiger partial charge in [0, 0.05) is 6.04 Å². The lowest BCUT2D eigenvalue weighted by molar-refractivity contribution is 0.521. The summed E-state index contributed by atoms with van der Waals surface area (Å²) >= 11 is 1.57. The van der Waals surface area contributed by atoms with Crippen molar-refractivity contribution in [2.45, 2.75) is 26.8 Å². The first-order valence-corrected chi connectivity index (χ1v) is 5.22. The Bertz CT molecular complexity index is 260. The zero-order valence-electron chi connectivity index (χ0n) is 8.24. The minimum absolute atomic E-state index is 0.345. The van der Waals surface area contributed by atoms with Crippen molar-refractivity contribution in [3.8, 4) is 0 Å². The van der Waals surface area contributed by atoms with E-state index in [9.17, 15) is 0 Å². The van der Waals surface area contributed by atoms with Gasteiger partial charge in [-0.15, -0.1) is 10.2 Å². The number of nitrogens with one attached hydrogen (secondary N) is 1. The van der Waals surface area contributed by atoms with Crippen LogP contribution in [-0.2, 0) is 0 Å². The molecule has 0 fully saturated rings. The van der Waals surface area contributed by atoms with Gasteiger partial charge in [-0.05, 0) is 26.3 Å². The molecular weight excluding hydrogens is 184 g/mol. The average Bonchev–Trinajstić information content (AvgIpc) is 2.49. The molecule has 0 amide bonds. The fraction of sp³-hybridized carbons (Fsp3) is 0.750. The fourth-order valence-corrected chi connectivity index (χ4v) is 1.58. The number of nitrogens with two attached hydrogens (primary N) is 1. The van der Waals surface area contributed by atoms with E-state index in [0.717, 1.165) is 10.1 Å². The molecule has 74 valence electrons. The first-order valence-electron chi connectivity index (χ1n) is 4.40. The molecule has 13 heavy (non-hydrogen) atoms. The minimum atomic E-state index is 0.345. The summed E-state index contributed by atoms with van der Waals surface area (Å²) in [6, 6.07) is 0.345. The number of anilines is 1. The van der Waals surface area contributed by atoms with Crippen molar-refractivity contribution in [1.82, 2.24) is 10.2 Å². The van der Waals surface area contributed by atoms with Crippen LogP contribution in [0.4, 0.5) is 5.13 Å². The summed E-state index contributed by atoms with van der Waals surface area (Å²) in [5, 5.41) is 13.1. The Labute approximate surface area is 82.6 Å². The SMILES string of the molecule is Cc1nnc(NC(C)C(C)CN)s1. The molecule has 3 N–H and O–H groups in total. The molecule has 0 bridgehead atoms. The molecule has 1 rings (SSSR count). The standard InChI is InChI=1S/C8H16N4S/c1-5(4-9)6(2)10-8-12-11-7(3)13-8/h5-6H,4,9H2,1-3H3,(H,10,12). The van der Waals surface area contributed by atoms with Gasteiger partial charge in [0.15, 0.2) is 0 Å². The molecule has 2 atom stereocenters. The van der Waals surface area contributed by atoms with Gasteiger partial charge in [0.2, 0.25) is 5.13 Å². The van der Waals surface area contributed by atoms with Crippen molar-refractivity contribution >= 4 is 16.5 Å². The van der Waals surface area contributed by atoms with Gasteiger partial charge in [-0.25, -0.2) is 0 Å². The van der Waals surface area contributed by atoms with Crippen LogP contribution in [0.15, 0.2) is 0 Å². The highest BCUT2D eigenvalue weighted by molar-refractivity contribution is 7.15. The third kappa shape index (κ3) is 2.93. The summed E-state index contributed by atoms with van der Waals surface area (Å²) in [6.45, 7) is 6.85. The van der Waals surface area contributed by atoms with Crippen molar-refractivity contribution in [2.24, 2.45) is 11.7 Å². The van der Waals surface area contributed by atoms with Crippen LogP contribution in [0, 0.1) is 12.8 Å². The minimum Gasteiger partial charge on any atom is -0.357 e. The summed E-state index contributed by atoms with van der Waals surface area (Å²) in [5.74, 6) is 0.448. The number of aryl methyl sites for hydroxylation is 1. The number of rotatable bonds is 4. The van der Waals surface area contributed by atoms with Crippen molar-refractivity contribution in [3.63, 3.8) is 0 Å². The van der Waals surface area contributed by atoms with Gasteiger partial charge in [0.1, 0.15) is 5.01 Å². The molecule has 0 aliphatic rings. The lowest BCUT2D eigenvalue weighted by atomic mass is 10.1. The molecule has 1 aromatic rings. The molecule has 0 saturated carbocycles. The van der Waals surface area contributed by atoms with E-state index in [0.29, 0.717) is 18.5 Å². The average molecular weight is 200 g/mol. The van der Waals surface area contributed by atoms with Crippen LogP contribution in [0.1, 0.15) is 18.9 Å². The van der Waals surface area contributed by atoms with Crippen molar-refractivity contribution < 1.29 is 0 Å². The first kappa shape index (κ1) is 10.4. The molecule has 5 heteroatoms. The quantitative estimate of drug-likeness (QED) is 0.767. The van der Waals surface area contributed by atoms with Crippen LogP contribution in [0.3, 0.4) is 0 Å². The second-order valence-electron chi connectivity index (χ2n) is 3.27. The van der Waals surface area contributed by atoms with E-state index in [1.807, 2.05) is 6.92 Å². The lowest BCUT2D eigenvalue weighted by Gasteiger charge is -2.18. The summed E-state index contributed by atoms with van der Waals surface area (Å²) in [6.07, 6.45) is 0. The molecule has 4 nitrogen and oxygen atoms in total. The van der Waals surface area contributed by atoms with Gasteiger partial charge in [-0.2, -0.15) is 0 Å². The Morgan fingerprint density at radius 3 is 2.62 bits per heavy atom. The number of hydrogen-bond donors (Lipinski definition) is 2. The topological polar surface area (TPSA) is 63.8 Å². The van der Waals surface area contributed by atoms with E-state index < -0.39 is 0 Å². The van der Waals surface area contributed by atoms with E-state index in [-0.39, 0.29) is 0 Å². The van der Waals surface area contributed by atoms with Crippen LogP contribution in [0.25, 0.3) is 0 Å². The zero-order chi connectivity index (χ0) is 9.84. The largest absolute Gasteiger partial charge is 0.357 e. The molecule has 0 aliphatic heterocycles. The molecular formula is C8H16N4S. The maximum atomic E-state index is 5.56. The van der Waals surface area contributed by atoms with Crippen LogP contribution in [0.2, 0.25) is 0 Å². The highest BCUT2D eigenvalue weighted by Crippen LogP contribution is 2.16. The van der Waals surface area contributed by atoms with E-state index >= 15 is 0 Å². The second kappa shape index (κ2) is 4.53. The van der Waals surface area contributed by atoms with E-state index in [1.54, 1.807) is 11.3 Å². The monoisotopic (exact) mass is 200 g/mol. The van der Waals surface area contributed by atoms with E-state index in [2.05, 4.69) is 29.4 Å². The van der Waals surface area contributed by atoms with E-state index in [4.69, 9.17) is 5.73 Å². The van der Waals surface area contributed by atoms with Gasteiger partial charge in [0.25, 0.3) is 0 Å². The smallest absolute Gasteiger partial charge is 0.205 e. The van der Waals surface area contributed by atoms with Crippen molar-refractivity contribution in [3.05, 3.63) is 5.01 Å². The third-order valence-corrected chi connectivity index (χ3v) is 2.87. The summed E-state index contributed by atoms with van der Waals surface area (Å²) in [7, 11) is 0. The van der Waals surface area contributed by atoms with Gasteiger partial charge in [-0.3, -0.25) is 0 Å². The molecule has 0 aliphatic carbocycles. The van der Waals surface area contributed by atoms with Gasteiger partial charge in [-0.1, -0.05) is 18.3 Å². The molecule has 0 radical (unpaired) electrons. The summed E-state index contributed by atoms with van der Waals surface area (Å²) in [4.78, 5) is 0. The molecule has 0 saturated heterocycles. The van der Waals surface area contributed by atoms with Gasteiger partial charge in [0.05, 0.1) is 0 Å². The molecule has 2 unspecified atom stereocenters. The van der Waals surface area contributed by atoms with Crippen molar-refractivity contribution in [2.75, 3.05) is 11.9 Å². The number of hydrogen-bond acceptors (Lipinski definition) is 5. The fourth-order valence-electron chi connectivity index (χ4n) is 0.896. The maximum Gasteiger partial charge on any atom is 0.205 e. The van der Waals surface area contributed by atoms with Crippen LogP contribution in [0.5, 0.6) is 0 Å². The van der Waals surface area contributed by atoms with Crippen LogP contribution in [-0.4, -0.2) is 22.8 Å². The highest BCUT2D eigenvalue weighted by Gasteiger charge is 2.11. The first-order chi connectivity index (χ1) is 6.13. The van der Waals surface area contributed by atoms with Crippen LogP contribution >= 0.6 is 11.3 Å². The van der Waals surface area contributed by atoms with E-state index in [1.165, 1.54) is 0 Å². The summed E-state index contributed by atoms with van der Waals surface area (Å²) in [5.41, 5.74) is 5.56. The molecule has 1 heterocycles. The number of nitrogens with zero attached hydrogens (tertiary/aromatic N) is 2. The van der Waals surface area contributed by atoms with Crippen molar-refractivity contribution in [1.29, 1.82) is 0 Å². The number of aromatic nitrogens is 2. The molecule has 0 aromatic carbocycles. The van der Waals surface area contributed by atoms with Gasteiger partial charge >= 0.3 is 0 Å². The van der Waals surface area contributed by atoms with Gasteiger partial charge < -0.3 is 11.1 Å². The Morgan fingerprint density at radius 1 is 1.46 bits per heavy atom. The van der Waals surface area contributed by atoms with Crippen LogP contribution < -0.4 is 11.1 Å². The zero-order valence-corrected chi connectivity index (χ0v) is 9.06. The highest BCUT2D eigenvalue weighted by atomic mass is 32.1. The lowest BCUT2D eigenvalue weighted by Crippen LogP contribution is -2.29. The molecule has 0 spiro atoms. The second-order valence-corrected chi connectivity index (χ2v) is 4.45. The molecule has 1 aromatic heterocycles.